The van der Waals surface area contributed by atoms with Crippen molar-refractivity contribution in [1.82, 2.24) is 25.0 Å². The van der Waals surface area contributed by atoms with E-state index >= 15 is 0 Å². The molecule has 0 saturated heterocycles. The van der Waals surface area contributed by atoms with Gasteiger partial charge in [0, 0.05) is 17.5 Å². The fourth-order valence-corrected chi connectivity index (χ4v) is 3.64. The van der Waals surface area contributed by atoms with Crippen LogP contribution in [0, 0.1) is 13.8 Å². The number of nitrogens with zero attached hydrogens (tertiary/aromatic N) is 5. The SMILES string of the molecule is CCCn1nc(C(=O)N/N=C/c2c(C)nn(-c3ccccc3)c2C)c2ccccc2c1=O. The standard InChI is InChI=1S/C24H24N6O2/c1-4-14-29-24(32)20-13-9-8-12-19(20)22(28-29)23(31)26-25-15-21-16(2)27-30(17(21)3)18-10-6-5-7-11-18/h5-13,15H,4,14H2,1-3H3,(H,26,31)/b25-15+. The average Bonchev–Trinajstić information content (AvgIpc) is 3.10. The third-order valence-electron chi connectivity index (χ3n) is 5.23. The topological polar surface area (TPSA) is 94.2 Å². The largest absolute Gasteiger partial charge is 0.292 e. The van der Waals surface area contributed by atoms with Gasteiger partial charge in [-0.2, -0.15) is 15.3 Å². The van der Waals surface area contributed by atoms with Gasteiger partial charge in [-0.3, -0.25) is 9.59 Å². The second-order valence-corrected chi connectivity index (χ2v) is 7.45. The van der Waals surface area contributed by atoms with Crippen molar-refractivity contribution in [3.63, 3.8) is 0 Å². The number of aryl methyl sites for hydroxylation is 2. The molecule has 32 heavy (non-hydrogen) atoms. The van der Waals surface area contributed by atoms with Crippen LogP contribution in [0.4, 0.5) is 0 Å². The molecule has 0 bridgehead atoms. The Morgan fingerprint density at radius 1 is 1.03 bits per heavy atom. The van der Waals surface area contributed by atoms with Crippen LogP contribution in [-0.4, -0.2) is 31.7 Å². The van der Waals surface area contributed by atoms with E-state index in [4.69, 9.17) is 0 Å². The lowest BCUT2D eigenvalue weighted by molar-refractivity contribution is 0.0949. The second kappa shape index (κ2) is 8.97. The van der Waals surface area contributed by atoms with Crippen LogP contribution in [0.1, 0.15) is 40.8 Å². The summed E-state index contributed by atoms with van der Waals surface area (Å²) in [6.45, 7) is 6.23. The van der Waals surface area contributed by atoms with Gasteiger partial charge in [-0.1, -0.05) is 43.3 Å². The smallest absolute Gasteiger partial charge is 0.267 e. The summed E-state index contributed by atoms with van der Waals surface area (Å²) in [6.07, 6.45) is 2.31. The molecular weight excluding hydrogens is 404 g/mol. The van der Waals surface area contributed by atoms with Gasteiger partial charge in [-0.25, -0.2) is 14.8 Å². The van der Waals surface area contributed by atoms with Crippen LogP contribution in [0.3, 0.4) is 0 Å². The molecule has 0 fully saturated rings. The number of carbonyl (C=O) groups is 1. The quantitative estimate of drug-likeness (QED) is 0.376. The number of carbonyl (C=O) groups excluding carboxylic acids is 1. The number of hydrazone groups is 1. The molecule has 0 saturated carbocycles. The fraction of sp³-hybridized carbons (Fsp3) is 0.208. The van der Waals surface area contributed by atoms with Gasteiger partial charge in [-0.15, -0.1) is 0 Å². The van der Waals surface area contributed by atoms with Crippen LogP contribution in [0.25, 0.3) is 16.5 Å². The maximum absolute atomic E-state index is 12.9. The molecule has 0 aliphatic heterocycles. The number of nitrogens with one attached hydrogen (secondary N) is 1. The van der Waals surface area contributed by atoms with Crippen molar-refractivity contribution in [2.24, 2.45) is 5.10 Å². The van der Waals surface area contributed by atoms with Gasteiger partial charge in [0.25, 0.3) is 11.5 Å². The molecule has 1 N–H and O–H groups in total. The number of para-hydroxylation sites is 1. The van der Waals surface area contributed by atoms with E-state index in [-0.39, 0.29) is 11.3 Å². The van der Waals surface area contributed by atoms with Crippen LogP contribution < -0.4 is 11.0 Å². The summed E-state index contributed by atoms with van der Waals surface area (Å²) in [6, 6.07) is 16.8. The number of benzene rings is 2. The Morgan fingerprint density at radius 3 is 2.44 bits per heavy atom. The molecule has 2 aromatic heterocycles. The highest BCUT2D eigenvalue weighted by atomic mass is 16.2. The summed E-state index contributed by atoms with van der Waals surface area (Å²) in [4.78, 5) is 25.5. The van der Waals surface area contributed by atoms with Gasteiger partial charge in [0.15, 0.2) is 5.69 Å². The molecule has 8 heteroatoms. The first-order valence-corrected chi connectivity index (χ1v) is 10.5. The molecular formula is C24H24N6O2. The van der Waals surface area contributed by atoms with Crippen LogP contribution >= 0.6 is 0 Å². The summed E-state index contributed by atoms with van der Waals surface area (Å²) in [7, 11) is 0. The number of fused-ring (bicyclic) bond motifs is 1. The zero-order valence-corrected chi connectivity index (χ0v) is 18.2. The summed E-state index contributed by atoms with van der Waals surface area (Å²) < 4.78 is 3.17. The monoisotopic (exact) mass is 428 g/mol. The molecule has 0 aliphatic rings. The van der Waals surface area contributed by atoms with E-state index in [1.165, 1.54) is 4.68 Å². The normalized spacial score (nSPS) is 11.3. The Balaban J connectivity index is 1.63. The molecule has 2 heterocycles. The van der Waals surface area contributed by atoms with Crippen molar-refractivity contribution in [2.75, 3.05) is 0 Å². The van der Waals surface area contributed by atoms with Crippen LogP contribution in [0.5, 0.6) is 0 Å². The predicted octanol–water partition coefficient (Wildman–Crippen LogP) is 3.37. The number of hydrogen-bond donors (Lipinski definition) is 1. The minimum Gasteiger partial charge on any atom is -0.267 e. The number of aromatic nitrogens is 4. The van der Waals surface area contributed by atoms with Crippen molar-refractivity contribution in [3.8, 4) is 5.69 Å². The van der Waals surface area contributed by atoms with E-state index in [1.807, 2.05) is 55.8 Å². The summed E-state index contributed by atoms with van der Waals surface area (Å²) in [5, 5.41) is 14.0. The van der Waals surface area contributed by atoms with Crippen LogP contribution in [0.15, 0.2) is 64.5 Å². The van der Waals surface area contributed by atoms with Crippen molar-refractivity contribution >= 4 is 22.9 Å². The molecule has 0 spiro atoms. The molecule has 4 aromatic rings. The first-order valence-electron chi connectivity index (χ1n) is 10.5. The van der Waals surface area contributed by atoms with E-state index in [0.717, 1.165) is 29.1 Å². The van der Waals surface area contributed by atoms with Gasteiger partial charge < -0.3 is 0 Å². The predicted molar refractivity (Wildman–Crippen MR) is 124 cm³/mol. The lowest BCUT2D eigenvalue weighted by Gasteiger charge is -2.09. The summed E-state index contributed by atoms with van der Waals surface area (Å²) >= 11 is 0. The number of rotatable bonds is 6. The van der Waals surface area contributed by atoms with E-state index in [2.05, 4.69) is 20.7 Å². The van der Waals surface area contributed by atoms with E-state index in [9.17, 15) is 9.59 Å². The minimum atomic E-state index is -0.479. The second-order valence-electron chi connectivity index (χ2n) is 7.45. The molecule has 162 valence electrons. The molecule has 4 rings (SSSR count). The first-order chi connectivity index (χ1) is 15.5. The Labute approximate surface area is 185 Å². The number of amides is 1. The highest BCUT2D eigenvalue weighted by Crippen LogP contribution is 2.16. The Hall–Kier alpha value is -4.07. The Bertz CT molecular complexity index is 1370. The zero-order chi connectivity index (χ0) is 22.7. The van der Waals surface area contributed by atoms with Crippen molar-refractivity contribution in [3.05, 3.63) is 87.6 Å². The van der Waals surface area contributed by atoms with E-state index in [1.54, 1.807) is 30.5 Å². The molecule has 0 radical (unpaired) electrons. The van der Waals surface area contributed by atoms with Crippen molar-refractivity contribution in [2.45, 2.75) is 33.7 Å². The average molecular weight is 428 g/mol. The van der Waals surface area contributed by atoms with Crippen LogP contribution in [0.2, 0.25) is 0 Å². The summed E-state index contributed by atoms with van der Waals surface area (Å²) in [5.41, 5.74) is 5.98. The third-order valence-corrected chi connectivity index (χ3v) is 5.23. The lowest BCUT2D eigenvalue weighted by atomic mass is 10.1. The van der Waals surface area contributed by atoms with Crippen LogP contribution in [-0.2, 0) is 6.54 Å². The molecule has 8 nitrogen and oxygen atoms in total. The number of hydrogen-bond acceptors (Lipinski definition) is 5. The van der Waals surface area contributed by atoms with Crippen molar-refractivity contribution < 1.29 is 4.79 Å². The van der Waals surface area contributed by atoms with Gasteiger partial charge in [-0.05, 0) is 38.5 Å². The highest BCUT2D eigenvalue weighted by molar-refractivity contribution is 6.05. The maximum atomic E-state index is 12.9. The Kier molecular flexibility index (Phi) is 5.93. The molecule has 1 amide bonds. The van der Waals surface area contributed by atoms with Gasteiger partial charge >= 0.3 is 0 Å². The highest BCUT2D eigenvalue weighted by Gasteiger charge is 2.16. The molecule has 0 aliphatic carbocycles. The van der Waals surface area contributed by atoms with E-state index in [0.29, 0.717) is 17.3 Å². The molecule has 0 unspecified atom stereocenters. The third kappa shape index (κ3) is 3.94. The van der Waals surface area contributed by atoms with Gasteiger partial charge in [0.1, 0.15) is 0 Å². The maximum Gasteiger partial charge on any atom is 0.292 e. The fourth-order valence-electron chi connectivity index (χ4n) is 3.64. The lowest BCUT2D eigenvalue weighted by Crippen LogP contribution is -2.29. The van der Waals surface area contributed by atoms with E-state index < -0.39 is 5.91 Å². The minimum absolute atomic E-state index is 0.166. The summed E-state index contributed by atoms with van der Waals surface area (Å²) in [5.74, 6) is -0.479. The molecule has 0 atom stereocenters. The van der Waals surface area contributed by atoms with Gasteiger partial charge in [0.05, 0.1) is 28.7 Å². The van der Waals surface area contributed by atoms with Gasteiger partial charge in [0.2, 0.25) is 0 Å². The Morgan fingerprint density at radius 2 is 1.72 bits per heavy atom. The first kappa shape index (κ1) is 21.2. The zero-order valence-electron chi connectivity index (χ0n) is 18.2. The molecule has 2 aromatic carbocycles. The van der Waals surface area contributed by atoms with Crippen molar-refractivity contribution in [1.29, 1.82) is 0 Å².